The summed E-state index contributed by atoms with van der Waals surface area (Å²) < 4.78 is 44.6. The van der Waals surface area contributed by atoms with Crippen molar-refractivity contribution < 1.29 is 17.9 Å². The molecule has 128 valence electrons. The molecule has 1 saturated heterocycles. The molecular weight excluding hydrogens is 347 g/mol. The van der Waals surface area contributed by atoms with E-state index in [1.54, 1.807) is 0 Å². The van der Waals surface area contributed by atoms with Gasteiger partial charge in [-0.1, -0.05) is 11.6 Å². The first-order valence-electron chi connectivity index (χ1n) is 7.10. The summed E-state index contributed by atoms with van der Waals surface area (Å²) in [5.74, 6) is 0.505. The second-order valence-corrected chi connectivity index (χ2v) is 5.49. The zero-order chi connectivity index (χ0) is 17.2. The van der Waals surface area contributed by atoms with Crippen molar-refractivity contribution in [3.63, 3.8) is 0 Å². The third kappa shape index (κ3) is 3.85. The maximum absolute atomic E-state index is 13.1. The molecule has 0 radical (unpaired) electrons. The number of morpholine rings is 1. The van der Waals surface area contributed by atoms with Gasteiger partial charge in [0.15, 0.2) is 5.82 Å². The lowest BCUT2D eigenvalue weighted by Crippen LogP contribution is -2.37. The Morgan fingerprint density at radius 3 is 2.67 bits per heavy atom. The first kappa shape index (κ1) is 16.7. The van der Waals surface area contributed by atoms with Gasteiger partial charge in [0.1, 0.15) is 0 Å². The fraction of sp³-hybridized carbons (Fsp3) is 0.357. The Labute approximate surface area is 140 Å². The Bertz CT molecular complexity index is 722. The molecule has 3 rings (SSSR count). The second kappa shape index (κ2) is 6.78. The minimum Gasteiger partial charge on any atom is -0.378 e. The summed E-state index contributed by atoms with van der Waals surface area (Å²) >= 11 is 5.67. The van der Waals surface area contributed by atoms with Gasteiger partial charge in [0, 0.05) is 18.1 Å². The van der Waals surface area contributed by atoms with Crippen LogP contribution in [0, 0.1) is 0 Å². The van der Waals surface area contributed by atoms with E-state index in [0.717, 1.165) is 6.07 Å². The van der Waals surface area contributed by atoms with Crippen molar-refractivity contribution in [1.82, 2.24) is 15.2 Å². The lowest BCUT2D eigenvalue weighted by molar-refractivity contribution is -0.136. The van der Waals surface area contributed by atoms with Crippen LogP contribution < -0.4 is 10.2 Å². The van der Waals surface area contributed by atoms with Crippen molar-refractivity contribution in [3.05, 3.63) is 35.0 Å². The number of ether oxygens (including phenoxy) is 1. The van der Waals surface area contributed by atoms with Crippen molar-refractivity contribution in [1.29, 1.82) is 0 Å². The Kier molecular flexibility index (Phi) is 4.72. The van der Waals surface area contributed by atoms with E-state index in [1.807, 2.05) is 4.90 Å². The van der Waals surface area contributed by atoms with Crippen LogP contribution in [0.25, 0.3) is 0 Å². The second-order valence-electron chi connectivity index (χ2n) is 5.05. The summed E-state index contributed by atoms with van der Waals surface area (Å²) in [5.41, 5.74) is -1.03. The number of aromatic nitrogens is 3. The molecule has 0 aliphatic carbocycles. The number of nitrogens with zero attached hydrogens (tertiary/aromatic N) is 4. The zero-order valence-electron chi connectivity index (χ0n) is 12.3. The molecule has 1 aromatic heterocycles. The summed E-state index contributed by atoms with van der Waals surface area (Å²) in [6, 6.07) is 3.49. The summed E-state index contributed by atoms with van der Waals surface area (Å²) in [6.07, 6.45) is -3.28. The predicted molar refractivity (Wildman–Crippen MR) is 82.6 cm³/mol. The molecule has 0 atom stereocenters. The highest BCUT2D eigenvalue weighted by Crippen LogP contribution is 2.37. The van der Waals surface area contributed by atoms with E-state index in [4.69, 9.17) is 16.3 Å². The number of rotatable bonds is 3. The molecule has 24 heavy (non-hydrogen) atoms. The average Bonchev–Trinajstić information content (AvgIpc) is 2.57. The van der Waals surface area contributed by atoms with Crippen LogP contribution in [0.15, 0.2) is 24.4 Å². The topological polar surface area (TPSA) is 63.2 Å². The number of benzene rings is 1. The zero-order valence-corrected chi connectivity index (χ0v) is 13.1. The van der Waals surface area contributed by atoms with Crippen LogP contribution in [0.4, 0.5) is 30.6 Å². The van der Waals surface area contributed by atoms with Gasteiger partial charge in [0.2, 0.25) is 5.95 Å². The molecule has 1 aliphatic heterocycles. The molecule has 2 aromatic rings. The Morgan fingerprint density at radius 1 is 1.21 bits per heavy atom. The number of hydrogen-bond donors (Lipinski definition) is 1. The van der Waals surface area contributed by atoms with Crippen molar-refractivity contribution >= 4 is 29.1 Å². The van der Waals surface area contributed by atoms with Gasteiger partial charge in [0.05, 0.1) is 30.7 Å². The standard InChI is InChI=1S/C14H13ClF3N5O/c15-9-1-2-11(10(7-9)14(16,17)18)20-12-8-19-22-13(21-12)23-3-5-24-6-4-23/h1-2,7-8H,3-6H2,(H,20,21,22). The monoisotopic (exact) mass is 359 g/mol. The van der Waals surface area contributed by atoms with Crippen molar-refractivity contribution in [2.75, 3.05) is 36.5 Å². The third-order valence-electron chi connectivity index (χ3n) is 3.39. The molecule has 1 fully saturated rings. The lowest BCUT2D eigenvalue weighted by Gasteiger charge is -2.26. The number of halogens is 4. The van der Waals surface area contributed by atoms with Crippen LogP contribution in [0.5, 0.6) is 0 Å². The van der Waals surface area contributed by atoms with E-state index in [2.05, 4.69) is 20.5 Å². The van der Waals surface area contributed by atoms with Crippen molar-refractivity contribution in [2.45, 2.75) is 6.18 Å². The van der Waals surface area contributed by atoms with E-state index in [1.165, 1.54) is 18.3 Å². The lowest BCUT2D eigenvalue weighted by atomic mass is 10.1. The molecule has 6 nitrogen and oxygen atoms in total. The van der Waals surface area contributed by atoms with Gasteiger partial charge in [0.25, 0.3) is 0 Å². The summed E-state index contributed by atoms with van der Waals surface area (Å²) in [7, 11) is 0. The summed E-state index contributed by atoms with van der Waals surface area (Å²) in [5, 5.41) is 10.4. The molecule has 1 aromatic carbocycles. The van der Waals surface area contributed by atoms with Gasteiger partial charge in [-0.25, -0.2) is 0 Å². The van der Waals surface area contributed by atoms with Crippen LogP contribution in [0.2, 0.25) is 5.02 Å². The number of nitrogens with one attached hydrogen (secondary N) is 1. The molecular formula is C14H13ClF3N5O. The molecule has 0 saturated carbocycles. The minimum atomic E-state index is -4.54. The van der Waals surface area contributed by atoms with Gasteiger partial charge in [-0.3, -0.25) is 0 Å². The van der Waals surface area contributed by atoms with Gasteiger partial charge in [-0.05, 0) is 18.2 Å². The molecule has 1 N–H and O–H groups in total. The van der Waals surface area contributed by atoms with E-state index in [9.17, 15) is 13.2 Å². The van der Waals surface area contributed by atoms with Gasteiger partial charge >= 0.3 is 6.18 Å². The highest BCUT2D eigenvalue weighted by Gasteiger charge is 2.34. The Balaban J connectivity index is 1.86. The maximum Gasteiger partial charge on any atom is 0.418 e. The minimum absolute atomic E-state index is 0.00249. The Morgan fingerprint density at radius 2 is 1.96 bits per heavy atom. The van der Waals surface area contributed by atoms with Crippen LogP contribution in [0.3, 0.4) is 0 Å². The van der Waals surface area contributed by atoms with Crippen LogP contribution in [0.1, 0.15) is 5.56 Å². The predicted octanol–water partition coefficient (Wildman–Crippen LogP) is 3.12. The summed E-state index contributed by atoms with van der Waals surface area (Å²) in [4.78, 5) is 6.08. The normalized spacial score (nSPS) is 15.4. The van der Waals surface area contributed by atoms with E-state index < -0.39 is 11.7 Å². The van der Waals surface area contributed by atoms with Crippen LogP contribution in [-0.4, -0.2) is 41.5 Å². The number of alkyl halides is 3. The largest absolute Gasteiger partial charge is 0.418 e. The molecule has 10 heteroatoms. The first-order chi connectivity index (χ1) is 11.4. The van der Waals surface area contributed by atoms with E-state index in [-0.39, 0.29) is 16.5 Å². The van der Waals surface area contributed by atoms with Crippen LogP contribution >= 0.6 is 11.6 Å². The molecule has 1 aliphatic rings. The molecule has 2 heterocycles. The molecule has 0 unspecified atom stereocenters. The maximum atomic E-state index is 13.1. The van der Waals surface area contributed by atoms with E-state index >= 15 is 0 Å². The first-order valence-corrected chi connectivity index (χ1v) is 7.47. The number of hydrogen-bond acceptors (Lipinski definition) is 6. The smallest absolute Gasteiger partial charge is 0.378 e. The molecule has 0 bridgehead atoms. The van der Waals surface area contributed by atoms with Gasteiger partial charge in [-0.15, -0.1) is 5.10 Å². The SMILES string of the molecule is FC(F)(F)c1cc(Cl)ccc1Nc1cnnc(N2CCOCC2)n1. The molecule has 0 spiro atoms. The van der Waals surface area contributed by atoms with Gasteiger partial charge < -0.3 is 15.0 Å². The van der Waals surface area contributed by atoms with Crippen molar-refractivity contribution in [3.8, 4) is 0 Å². The fourth-order valence-corrected chi connectivity index (χ4v) is 2.42. The van der Waals surface area contributed by atoms with E-state index in [0.29, 0.717) is 32.3 Å². The van der Waals surface area contributed by atoms with Gasteiger partial charge in [-0.2, -0.15) is 23.3 Å². The highest BCUT2D eigenvalue weighted by atomic mass is 35.5. The quantitative estimate of drug-likeness (QED) is 0.908. The third-order valence-corrected chi connectivity index (χ3v) is 3.63. The van der Waals surface area contributed by atoms with Crippen LogP contribution in [-0.2, 0) is 10.9 Å². The Hall–Kier alpha value is -2.13. The summed E-state index contributed by atoms with van der Waals surface area (Å²) in [6.45, 7) is 2.27. The number of anilines is 3. The molecule has 0 amide bonds. The highest BCUT2D eigenvalue weighted by molar-refractivity contribution is 6.30. The average molecular weight is 360 g/mol. The fourth-order valence-electron chi connectivity index (χ4n) is 2.25. The van der Waals surface area contributed by atoms with Crippen molar-refractivity contribution in [2.24, 2.45) is 0 Å².